The van der Waals surface area contributed by atoms with Crippen LogP contribution in [0.15, 0.2) is 47.5 Å². The van der Waals surface area contributed by atoms with Gasteiger partial charge in [0.05, 0.1) is 18.0 Å². The minimum atomic E-state index is -3.92. The number of carbonyl (C=O) groups is 1. The molecular weight excluding hydrogens is 393 g/mol. The molecule has 1 aliphatic carbocycles. The number of aryl methyl sites for hydroxylation is 1. The van der Waals surface area contributed by atoms with Crippen molar-refractivity contribution >= 4 is 15.9 Å². The maximum atomic E-state index is 13.3. The Kier molecular flexibility index (Phi) is 6.43. The molecule has 158 valence electrons. The maximum Gasteiger partial charge on any atom is 0.243 e. The summed E-state index contributed by atoms with van der Waals surface area (Å²) < 4.78 is 42.8. The topological polar surface area (TPSA) is 62.6 Å². The number of hydrogen-bond acceptors (Lipinski definition) is 3. The quantitative estimate of drug-likeness (QED) is 0.625. The second-order valence-electron chi connectivity index (χ2n) is 7.62. The van der Waals surface area contributed by atoms with Crippen LogP contribution >= 0.6 is 0 Å². The average molecular weight is 422 g/mol. The second-order valence-corrected chi connectivity index (χ2v) is 9.52. The first-order chi connectivity index (χ1) is 13.7. The van der Waals surface area contributed by atoms with Crippen molar-refractivity contribution in [1.29, 1.82) is 0 Å². The van der Waals surface area contributed by atoms with Crippen LogP contribution in [0.25, 0.3) is 0 Å². The molecule has 0 N–H and O–H groups in total. The van der Waals surface area contributed by atoms with Gasteiger partial charge in [-0.25, -0.2) is 12.8 Å². The Morgan fingerprint density at radius 1 is 1.24 bits per heavy atom. The fourth-order valence-corrected chi connectivity index (χ4v) is 4.94. The van der Waals surface area contributed by atoms with Crippen molar-refractivity contribution in [1.82, 2.24) is 13.8 Å². The van der Waals surface area contributed by atoms with Gasteiger partial charge in [0.25, 0.3) is 0 Å². The lowest BCUT2D eigenvalue weighted by Crippen LogP contribution is -2.47. The molecule has 1 saturated carbocycles. The molecule has 1 amide bonds. The molecule has 1 unspecified atom stereocenters. The van der Waals surface area contributed by atoms with Crippen LogP contribution in [0.2, 0.25) is 0 Å². The van der Waals surface area contributed by atoms with Crippen molar-refractivity contribution in [3.63, 3.8) is 0 Å². The fourth-order valence-electron chi connectivity index (χ4n) is 3.29. The summed E-state index contributed by atoms with van der Waals surface area (Å²) >= 11 is 0. The number of aromatic nitrogens is 1. The highest BCUT2D eigenvalue weighted by Crippen LogP contribution is 2.29. The molecule has 1 aromatic carbocycles. The van der Waals surface area contributed by atoms with E-state index in [1.54, 1.807) is 11.8 Å². The van der Waals surface area contributed by atoms with Gasteiger partial charge >= 0.3 is 0 Å². The summed E-state index contributed by atoms with van der Waals surface area (Å²) in [5, 5.41) is 0. The number of sulfonamides is 1. The van der Waals surface area contributed by atoms with Gasteiger partial charge in [-0.3, -0.25) is 4.79 Å². The van der Waals surface area contributed by atoms with Crippen LogP contribution in [0.1, 0.15) is 38.8 Å². The molecule has 1 aliphatic rings. The maximum absolute atomic E-state index is 13.3. The third-order valence-corrected chi connectivity index (χ3v) is 7.46. The van der Waals surface area contributed by atoms with Gasteiger partial charge < -0.3 is 9.47 Å². The minimum Gasteiger partial charge on any atom is -0.353 e. The zero-order valence-corrected chi connectivity index (χ0v) is 17.9. The molecular formula is C21H28FN3O3S. The molecule has 1 aromatic heterocycles. The summed E-state index contributed by atoms with van der Waals surface area (Å²) in [5.74, 6) is -0.711. The first-order valence-electron chi connectivity index (χ1n) is 9.91. The summed E-state index contributed by atoms with van der Waals surface area (Å²) in [7, 11) is -1.99. The molecule has 0 radical (unpaired) electrons. The van der Waals surface area contributed by atoms with Gasteiger partial charge in [0.1, 0.15) is 5.82 Å². The van der Waals surface area contributed by atoms with Crippen LogP contribution in [0.3, 0.4) is 0 Å². The van der Waals surface area contributed by atoms with Crippen LogP contribution in [-0.4, -0.2) is 46.7 Å². The van der Waals surface area contributed by atoms with Crippen molar-refractivity contribution in [2.24, 2.45) is 7.05 Å². The number of amides is 1. The van der Waals surface area contributed by atoms with Gasteiger partial charge in [0, 0.05) is 31.0 Å². The highest BCUT2D eigenvalue weighted by atomic mass is 32.2. The van der Waals surface area contributed by atoms with E-state index >= 15 is 0 Å². The van der Waals surface area contributed by atoms with Gasteiger partial charge in [-0.1, -0.05) is 6.92 Å². The van der Waals surface area contributed by atoms with Crippen molar-refractivity contribution < 1.29 is 17.6 Å². The molecule has 8 heteroatoms. The van der Waals surface area contributed by atoms with E-state index in [0.717, 1.165) is 30.7 Å². The van der Waals surface area contributed by atoms with E-state index in [9.17, 15) is 17.6 Å². The Hall–Kier alpha value is -2.19. The molecule has 0 bridgehead atoms. The molecule has 0 aliphatic heterocycles. The third kappa shape index (κ3) is 4.87. The van der Waals surface area contributed by atoms with Crippen LogP contribution in [0.4, 0.5) is 4.39 Å². The molecule has 2 aromatic rings. The Bertz CT molecular complexity index is 952. The van der Waals surface area contributed by atoms with Crippen molar-refractivity contribution in [2.45, 2.75) is 56.6 Å². The van der Waals surface area contributed by atoms with Gasteiger partial charge in [-0.2, -0.15) is 4.31 Å². The predicted molar refractivity (Wildman–Crippen MR) is 109 cm³/mol. The number of benzene rings is 1. The number of nitrogens with zero attached hydrogens (tertiary/aromatic N) is 3. The van der Waals surface area contributed by atoms with E-state index in [0.29, 0.717) is 13.0 Å². The third-order valence-electron chi connectivity index (χ3n) is 5.49. The lowest BCUT2D eigenvalue weighted by Gasteiger charge is -2.30. The van der Waals surface area contributed by atoms with E-state index < -0.39 is 15.8 Å². The molecule has 1 atom stereocenters. The average Bonchev–Trinajstić information content (AvgIpc) is 3.45. The SMILES string of the molecule is CCC(C)N(CC(=O)N(Cc1cccn1C)C1CC1)S(=O)(=O)c1ccc(F)cc1. The first-order valence-corrected chi connectivity index (χ1v) is 11.3. The lowest BCUT2D eigenvalue weighted by molar-refractivity contribution is -0.133. The largest absolute Gasteiger partial charge is 0.353 e. The molecule has 1 fully saturated rings. The fraction of sp³-hybridized carbons (Fsp3) is 0.476. The van der Waals surface area contributed by atoms with Crippen LogP contribution in [0.5, 0.6) is 0 Å². The second kappa shape index (κ2) is 8.67. The Labute approximate surface area is 172 Å². The van der Waals surface area contributed by atoms with Gasteiger partial charge in [0.15, 0.2) is 0 Å². The van der Waals surface area contributed by atoms with E-state index in [1.807, 2.05) is 36.9 Å². The Morgan fingerprint density at radius 3 is 2.41 bits per heavy atom. The van der Waals surface area contributed by atoms with E-state index in [4.69, 9.17) is 0 Å². The first kappa shape index (κ1) is 21.5. The monoisotopic (exact) mass is 421 g/mol. The summed E-state index contributed by atoms with van der Waals surface area (Å²) in [5.41, 5.74) is 1.00. The molecule has 3 rings (SSSR count). The number of rotatable bonds is 9. The van der Waals surface area contributed by atoms with Crippen LogP contribution in [0, 0.1) is 5.82 Å². The lowest BCUT2D eigenvalue weighted by atomic mass is 10.2. The van der Waals surface area contributed by atoms with Gasteiger partial charge in [-0.05, 0) is 62.6 Å². The highest BCUT2D eigenvalue weighted by Gasteiger charge is 2.37. The molecule has 29 heavy (non-hydrogen) atoms. The van der Waals surface area contributed by atoms with Gasteiger partial charge in [0.2, 0.25) is 15.9 Å². The van der Waals surface area contributed by atoms with E-state index in [2.05, 4.69) is 0 Å². The summed E-state index contributed by atoms with van der Waals surface area (Å²) in [4.78, 5) is 15.0. The number of halogens is 1. The smallest absolute Gasteiger partial charge is 0.243 e. The van der Waals surface area contributed by atoms with Gasteiger partial charge in [-0.15, -0.1) is 0 Å². The zero-order chi connectivity index (χ0) is 21.2. The zero-order valence-electron chi connectivity index (χ0n) is 17.1. The standard InChI is InChI=1S/C21H28FN3O3S/c1-4-16(2)25(29(27,28)20-11-7-17(22)8-12-20)15-21(26)24(18-9-10-18)14-19-6-5-13-23(19)3/h5-8,11-13,16,18H,4,9-10,14-15H2,1-3H3. The van der Waals surface area contributed by atoms with Crippen LogP contribution < -0.4 is 0 Å². The molecule has 0 saturated heterocycles. The van der Waals surface area contributed by atoms with Crippen molar-refractivity contribution in [3.8, 4) is 0 Å². The van der Waals surface area contributed by atoms with E-state index in [-0.39, 0.29) is 29.4 Å². The molecule has 6 nitrogen and oxygen atoms in total. The summed E-state index contributed by atoms with van der Waals surface area (Å²) in [6.07, 6.45) is 4.36. The number of carbonyl (C=O) groups excluding carboxylic acids is 1. The summed E-state index contributed by atoms with van der Waals surface area (Å²) in [6.45, 7) is 3.89. The van der Waals surface area contributed by atoms with Crippen LogP contribution in [-0.2, 0) is 28.4 Å². The van der Waals surface area contributed by atoms with Crippen molar-refractivity contribution in [3.05, 3.63) is 54.1 Å². The predicted octanol–water partition coefficient (Wildman–Crippen LogP) is 3.14. The minimum absolute atomic E-state index is 0.00703. The molecule has 1 heterocycles. The van der Waals surface area contributed by atoms with Crippen molar-refractivity contribution in [2.75, 3.05) is 6.54 Å². The Morgan fingerprint density at radius 2 is 1.90 bits per heavy atom. The summed E-state index contributed by atoms with van der Waals surface area (Å²) in [6, 6.07) is 8.42. The Balaban J connectivity index is 1.84. The van der Waals surface area contributed by atoms with E-state index in [1.165, 1.54) is 16.4 Å². The molecule has 0 spiro atoms. The normalized spacial score (nSPS) is 15.5. The number of hydrogen-bond donors (Lipinski definition) is 0. The highest BCUT2D eigenvalue weighted by molar-refractivity contribution is 7.89.